The van der Waals surface area contributed by atoms with Crippen LogP contribution in [0.2, 0.25) is 0 Å². The third-order valence-corrected chi connectivity index (χ3v) is 1.22. The summed E-state index contributed by atoms with van der Waals surface area (Å²) in [7, 11) is 0. The lowest BCUT2D eigenvalue weighted by Gasteiger charge is -2.07. The van der Waals surface area contributed by atoms with Crippen LogP contribution >= 0.6 is 0 Å². The third kappa shape index (κ3) is 2.75. The molecule has 0 bridgehead atoms. The van der Waals surface area contributed by atoms with Gasteiger partial charge in [-0.3, -0.25) is 0 Å². The van der Waals surface area contributed by atoms with Crippen molar-refractivity contribution in [1.29, 1.82) is 0 Å². The van der Waals surface area contributed by atoms with Gasteiger partial charge in [0.05, 0.1) is 6.26 Å². The van der Waals surface area contributed by atoms with E-state index in [0.717, 1.165) is 6.08 Å². The maximum absolute atomic E-state index is 9.14. The Morgan fingerprint density at radius 3 is 2.29 bits per heavy atom. The van der Waals surface area contributed by atoms with E-state index >= 15 is 0 Å². The van der Waals surface area contributed by atoms with E-state index in [4.69, 9.17) is 21.7 Å². The van der Waals surface area contributed by atoms with E-state index in [9.17, 15) is 0 Å². The Labute approximate surface area is 79.3 Å². The van der Waals surface area contributed by atoms with Gasteiger partial charge in [0.1, 0.15) is 6.23 Å². The molecule has 0 aliphatic carbocycles. The Hall–Kier alpha value is -2.09. The molecular weight excluding hydrogens is 188 g/mol. The summed E-state index contributed by atoms with van der Waals surface area (Å²) in [5.74, 6) is -0.0824. The molecular formula is C6H10N6O2. The van der Waals surface area contributed by atoms with Gasteiger partial charge in [-0.25, -0.2) is 0 Å². The Morgan fingerprint density at radius 2 is 1.79 bits per heavy atom. The molecule has 0 amide bonds. The summed E-state index contributed by atoms with van der Waals surface area (Å²) in [6, 6.07) is 0. The van der Waals surface area contributed by atoms with Crippen LogP contribution < -0.4 is 16.8 Å². The van der Waals surface area contributed by atoms with Crippen molar-refractivity contribution in [2.75, 3.05) is 16.8 Å². The number of anilines is 3. The highest BCUT2D eigenvalue weighted by Crippen LogP contribution is 2.04. The van der Waals surface area contributed by atoms with Crippen molar-refractivity contribution in [3.8, 4) is 0 Å². The molecule has 8 heteroatoms. The number of nitrogens with zero attached hydrogens (tertiary/aromatic N) is 3. The second-order valence-corrected chi connectivity index (χ2v) is 2.31. The molecule has 1 heterocycles. The fourth-order valence-corrected chi connectivity index (χ4v) is 0.736. The van der Waals surface area contributed by atoms with Gasteiger partial charge in [0.25, 0.3) is 0 Å². The van der Waals surface area contributed by atoms with Gasteiger partial charge in [-0.05, 0) is 6.08 Å². The van der Waals surface area contributed by atoms with Crippen LogP contribution in [0.15, 0.2) is 12.3 Å². The number of aliphatic hydroxyl groups is 2. The van der Waals surface area contributed by atoms with Crippen LogP contribution in [0.1, 0.15) is 0 Å². The molecule has 0 aliphatic rings. The minimum atomic E-state index is -1.12. The first-order valence-electron chi connectivity index (χ1n) is 3.64. The van der Waals surface area contributed by atoms with Crippen molar-refractivity contribution in [3.05, 3.63) is 12.3 Å². The number of nitrogens with two attached hydrogens (primary N) is 2. The van der Waals surface area contributed by atoms with Crippen molar-refractivity contribution in [2.45, 2.75) is 6.23 Å². The molecule has 1 unspecified atom stereocenters. The van der Waals surface area contributed by atoms with Crippen molar-refractivity contribution in [3.63, 3.8) is 0 Å². The molecule has 1 aromatic rings. The molecule has 1 atom stereocenters. The maximum Gasteiger partial charge on any atom is 0.231 e. The molecule has 0 radical (unpaired) electrons. The summed E-state index contributed by atoms with van der Waals surface area (Å²) in [6.45, 7) is 0. The van der Waals surface area contributed by atoms with Crippen LogP contribution in [-0.4, -0.2) is 31.4 Å². The van der Waals surface area contributed by atoms with Crippen LogP contribution in [0.3, 0.4) is 0 Å². The first kappa shape index (κ1) is 9.99. The topological polar surface area (TPSA) is 143 Å². The second kappa shape index (κ2) is 4.23. The molecule has 0 fully saturated rings. The van der Waals surface area contributed by atoms with Crippen LogP contribution in [0.25, 0.3) is 0 Å². The Kier molecular flexibility index (Phi) is 3.02. The summed E-state index contributed by atoms with van der Waals surface area (Å²) < 4.78 is 0. The molecule has 0 saturated carbocycles. The van der Waals surface area contributed by atoms with E-state index in [1.54, 1.807) is 0 Å². The number of aromatic nitrogens is 3. The summed E-state index contributed by atoms with van der Waals surface area (Å²) in [5, 5.41) is 19.9. The predicted octanol–water partition coefficient (Wildman–Crippen LogP) is -1.16. The van der Waals surface area contributed by atoms with Gasteiger partial charge in [0, 0.05) is 0 Å². The van der Waals surface area contributed by atoms with Gasteiger partial charge < -0.3 is 27.0 Å². The van der Waals surface area contributed by atoms with E-state index < -0.39 is 6.23 Å². The molecule has 1 aromatic heterocycles. The molecule has 0 spiro atoms. The summed E-state index contributed by atoms with van der Waals surface area (Å²) in [4.78, 5) is 10.8. The van der Waals surface area contributed by atoms with E-state index in [1.807, 2.05) is 0 Å². The van der Waals surface area contributed by atoms with Crippen molar-refractivity contribution in [1.82, 2.24) is 15.0 Å². The second-order valence-electron chi connectivity index (χ2n) is 2.31. The molecule has 14 heavy (non-hydrogen) atoms. The zero-order chi connectivity index (χ0) is 10.6. The van der Waals surface area contributed by atoms with Gasteiger partial charge >= 0.3 is 0 Å². The smallest absolute Gasteiger partial charge is 0.231 e. The monoisotopic (exact) mass is 198 g/mol. The number of nitrogens with one attached hydrogen (secondary N) is 1. The zero-order valence-corrected chi connectivity index (χ0v) is 7.12. The number of hydrogen-bond donors (Lipinski definition) is 5. The molecule has 0 aromatic carbocycles. The lowest BCUT2D eigenvalue weighted by Crippen LogP contribution is -2.18. The first-order valence-corrected chi connectivity index (χ1v) is 3.64. The van der Waals surface area contributed by atoms with Gasteiger partial charge in [-0.15, -0.1) is 0 Å². The quantitative estimate of drug-likeness (QED) is 0.302. The summed E-state index contributed by atoms with van der Waals surface area (Å²) >= 11 is 0. The average Bonchev–Trinajstić information content (AvgIpc) is 2.01. The third-order valence-electron chi connectivity index (χ3n) is 1.22. The first-order chi connectivity index (χ1) is 6.61. The summed E-state index contributed by atoms with van der Waals surface area (Å²) in [5.41, 5.74) is 10.6. The Bertz CT molecular complexity index is 321. The minimum Gasteiger partial charge on any atom is -0.516 e. The molecule has 7 N–H and O–H groups in total. The van der Waals surface area contributed by atoms with E-state index in [-0.39, 0.29) is 17.8 Å². The fourth-order valence-electron chi connectivity index (χ4n) is 0.736. The standard InChI is InChI=1S/C6H10N6O2/c7-4-10-5(8)12-6(11-4)9-3(14)1-2-13/h1-3,13-14H,(H5,7,8,9,10,11,12). The number of rotatable bonds is 3. The van der Waals surface area contributed by atoms with E-state index in [1.165, 1.54) is 0 Å². The number of aliphatic hydroxyl groups excluding tert-OH is 2. The summed E-state index contributed by atoms with van der Waals surface area (Å²) in [6.07, 6.45) is 0.642. The van der Waals surface area contributed by atoms with Gasteiger partial charge in [-0.1, -0.05) is 0 Å². The largest absolute Gasteiger partial charge is 0.516 e. The van der Waals surface area contributed by atoms with Crippen molar-refractivity contribution in [2.24, 2.45) is 0 Å². The number of nitrogen functional groups attached to an aromatic ring is 2. The fraction of sp³-hybridized carbons (Fsp3) is 0.167. The maximum atomic E-state index is 9.14. The highest BCUT2D eigenvalue weighted by molar-refractivity contribution is 5.37. The minimum absolute atomic E-state index is 0.0283. The zero-order valence-electron chi connectivity index (χ0n) is 7.12. The Balaban J connectivity index is 2.76. The lowest BCUT2D eigenvalue weighted by atomic mass is 10.5. The highest BCUT2D eigenvalue weighted by atomic mass is 16.3. The lowest BCUT2D eigenvalue weighted by molar-refractivity contribution is 0.247. The van der Waals surface area contributed by atoms with Crippen LogP contribution in [0, 0.1) is 0 Å². The molecule has 8 nitrogen and oxygen atoms in total. The van der Waals surface area contributed by atoms with E-state index in [0.29, 0.717) is 6.26 Å². The van der Waals surface area contributed by atoms with Crippen molar-refractivity contribution < 1.29 is 10.2 Å². The van der Waals surface area contributed by atoms with Crippen LogP contribution in [0.4, 0.5) is 17.8 Å². The van der Waals surface area contributed by atoms with Crippen LogP contribution in [-0.2, 0) is 0 Å². The SMILES string of the molecule is Nc1nc(N)nc(NC(O)C=CO)n1. The molecule has 0 aliphatic heterocycles. The molecule has 1 rings (SSSR count). The highest BCUT2D eigenvalue weighted by Gasteiger charge is 2.04. The van der Waals surface area contributed by atoms with E-state index in [2.05, 4.69) is 20.3 Å². The van der Waals surface area contributed by atoms with Crippen molar-refractivity contribution >= 4 is 17.8 Å². The Morgan fingerprint density at radius 1 is 1.21 bits per heavy atom. The normalized spacial score (nSPS) is 12.9. The van der Waals surface area contributed by atoms with Gasteiger partial charge in [0.15, 0.2) is 0 Å². The predicted molar refractivity (Wildman–Crippen MR) is 50.1 cm³/mol. The van der Waals surface area contributed by atoms with Gasteiger partial charge in [-0.2, -0.15) is 15.0 Å². The molecule has 76 valence electrons. The average molecular weight is 198 g/mol. The number of hydrogen-bond acceptors (Lipinski definition) is 8. The molecule has 0 saturated heterocycles. The van der Waals surface area contributed by atoms with Crippen LogP contribution in [0.5, 0.6) is 0 Å². The van der Waals surface area contributed by atoms with Gasteiger partial charge in [0.2, 0.25) is 17.8 Å².